The van der Waals surface area contributed by atoms with Crippen LogP contribution in [-0.2, 0) is 0 Å². The molecular formula is C9H11FN2O. The molecule has 0 aromatic heterocycles. The lowest BCUT2D eigenvalue weighted by molar-refractivity contribution is 0.265. The molecule has 1 aliphatic rings. The van der Waals surface area contributed by atoms with Gasteiger partial charge in [0.25, 0.3) is 0 Å². The van der Waals surface area contributed by atoms with Gasteiger partial charge in [0, 0.05) is 18.0 Å². The van der Waals surface area contributed by atoms with Gasteiger partial charge in [0.05, 0.1) is 12.3 Å². The molecule has 1 aromatic rings. The van der Waals surface area contributed by atoms with Crippen molar-refractivity contribution in [3.8, 4) is 5.75 Å². The van der Waals surface area contributed by atoms with Crippen LogP contribution in [-0.4, -0.2) is 6.61 Å². The van der Waals surface area contributed by atoms with E-state index in [2.05, 4.69) is 0 Å². The average Bonchev–Trinajstić information content (AvgIpc) is 2.12. The smallest absolute Gasteiger partial charge is 0.149 e. The Morgan fingerprint density at radius 3 is 2.92 bits per heavy atom. The zero-order valence-electron chi connectivity index (χ0n) is 7.09. The molecule has 3 nitrogen and oxygen atoms in total. The molecule has 0 amide bonds. The second-order valence-electron chi connectivity index (χ2n) is 3.12. The average molecular weight is 182 g/mol. The Morgan fingerprint density at radius 2 is 2.23 bits per heavy atom. The normalized spacial score (nSPS) is 20.6. The van der Waals surface area contributed by atoms with Gasteiger partial charge in [-0.3, -0.25) is 0 Å². The van der Waals surface area contributed by atoms with E-state index >= 15 is 0 Å². The van der Waals surface area contributed by atoms with Crippen molar-refractivity contribution >= 4 is 5.69 Å². The Balaban J connectivity index is 2.60. The van der Waals surface area contributed by atoms with Gasteiger partial charge >= 0.3 is 0 Å². The lowest BCUT2D eigenvalue weighted by atomic mass is 10.00. The van der Waals surface area contributed by atoms with Crippen LogP contribution in [0.2, 0.25) is 0 Å². The van der Waals surface area contributed by atoms with E-state index in [1.54, 1.807) is 0 Å². The van der Waals surface area contributed by atoms with E-state index in [4.69, 9.17) is 16.2 Å². The molecule has 4 N–H and O–H groups in total. The van der Waals surface area contributed by atoms with Gasteiger partial charge in [-0.2, -0.15) is 0 Å². The number of benzene rings is 1. The standard InChI is InChI=1S/C9H11FN2O/c10-5-1-2-7(12)9-8(5)6(11)3-4-13-9/h1-2,6H,3-4,11-12H2/t6-/m1/s1. The van der Waals surface area contributed by atoms with E-state index in [1.165, 1.54) is 12.1 Å². The maximum Gasteiger partial charge on any atom is 0.149 e. The first kappa shape index (κ1) is 8.31. The predicted molar refractivity (Wildman–Crippen MR) is 47.9 cm³/mol. The highest BCUT2D eigenvalue weighted by atomic mass is 19.1. The summed E-state index contributed by atoms with van der Waals surface area (Å²) in [5.74, 6) is 0.0788. The number of ether oxygens (including phenoxy) is 1. The predicted octanol–water partition coefficient (Wildman–Crippen LogP) is 1.19. The maximum atomic E-state index is 13.3. The van der Waals surface area contributed by atoms with Crippen molar-refractivity contribution in [2.45, 2.75) is 12.5 Å². The molecular weight excluding hydrogens is 171 g/mol. The minimum absolute atomic E-state index is 0.299. The number of nitrogen functional groups attached to an aromatic ring is 1. The third-order valence-electron chi connectivity index (χ3n) is 2.22. The van der Waals surface area contributed by atoms with Gasteiger partial charge in [0.15, 0.2) is 0 Å². The highest BCUT2D eigenvalue weighted by Gasteiger charge is 2.23. The van der Waals surface area contributed by atoms with Crippen LogP contribution in [0.15, 0.2) is 12.1 Å². The summed E-state index contributed by atoms with van der Waals surface area (Å²) in [6, 6.07) is 2.52. The molecule has 13 heavy (non-hydrogen) atoms. The number of nitrogens with two attached hydrogens (primary N) is 2. The summed E-state index contributed by atoms with van der Waals surface area (Å²) in [5.41, 5.74) is 12.2. The topological polar surface area (TPSA) is 61.3 Å². The van der Waals surface area contributed by atoms with Gasteiger partial charge in [-0.15, -0.1) is 0 Å². The molecule has 0 saturated carbocycles. The molecule has 1 heterocycles. The van der Waals surface area contributed by atoms with Crippen molar-refractivity contribution in [3.05, 3.63) is 23.5 Å². The molecule has 0 saturated heterocycles. The second kappa shape index (κ2) is 2.88. The van der Waals surface area contributed by atoms with E-state index in [9.17, 15) is 4.39 Å². The van der Waals surface area contributed by atoms with Gasteiger partial charge < -0.3 is 16.2 Å². The van der Waals surface area contributed by atoms with Gasteiger partial charge in [-0.05, 0) is 12.1 Å². The molecule has 0 fully saturated rings. The Labute approximate surface area is 75.5 Å². The summed E-state index contributed by atoms with van der Waals surface area (Å²) < 4.78 is 18.5. The molecule has 2 rings (SSSR count). The lowest BCUT2D eigenvalue weighted by Gasteiger charge is -2.24. The first-order valence-electron chi connectivity index (χ1n) is 4.16. The summed E-state index contributed by atoms with van der Waals surface area (Å²) in [6.07, 6.45) is 0.632. The van der Waals surface area contributed by atoms with Crippen LogP contribution in [0.5, 0.6) is 5.75 Å². The maximum absolute atomic E-state index is 13.3. The molecule has 0 aliphatic carbocycles. The van der Waals surface area contributed by atoms with Gasteiger partial charge in [-0.25, -0.2) is 4.39 Å². The van der Waals surface area contributed by atoms with Gasteiger partial charge in [0.1, 0.15) is 11.6 Å². The number of rotatable bonds is 0. The fraction of sp³-hybridized carbons (Fsp3) is 0.333. The first-order chi connectivity index (χ1) is 6.20. The fourth-order valence-corrected chi connectivity index (χ4v) is 1.53. The summed E-state index contributed by atoms with van der Waals surface area (Å²) in [7, 11) is 0. The fourth-order valence-electron chi connectivity index (χ4n) is 1.53. The molecule has 1 aliphatic heterocycles. The quantitative estimate of drug-likeness (QED) is 0.592. The minimum Gasteiger partial charge on any atom is -0.491 e. The van der Waals surface area contributed by atoms with Gasteiger partial charge in [-0.1, -0.05) is 0 Å². The molecule has 0 bridgehead atoms. The van der Waals surface area contributed by atoms with Crippen LogP contribution in [0.4, 0.5) is 10.1 Å². The Bertz CT molecular complexity index is 341. The molecule has 0 radical (unpaired) electrons. The number of anilines is 1. The summed E-state index contributed by atoms with van der Waals surface area (Å²) >= 11 is 0. The van der Waals surface area contributed by atoms with Gasteiger partial charge in [0.2, 0.25) is 0 Å². The zero-order valence-corrected chi connectivity index (χ0v) is 7.09. The van der Waals surface area contributed by atoms with Crippen molar-refractivity contribution in [3.63, 3.8) is 0 Å². The van der Waals surface area contributed by atoms with Crippen LogP contribution in [0, 0.1) is 5.82 Å². The van der Waals surface area contributed by atoms with Crippen LogP contribution in [0.3, 0.4) is 0 Å². The Hall–Kier alpha value is -1.29. The van der Waals surface area contributed by atoms with Crippen molar-refractivity contribution in [2.24, 2.45) is 5.73 Å². The van der Waals surface area contributed by atoms with E-state index in [0.717, 1.165) is 0 Å². The number of fused-ring (bicyclic) bond motifs is 1. The SMILES string of the molecule is Nc1ccc(F)c2c1OCC[C@H]2N. The van der Waals surface area contributed by atoms with Crippen LogP contribution < -0.4 is 16.2 Å². The van der Waals surface area contributed by atoms with E-state index in [1.807, 2.05) is 0 Å². The molecule has 0 unspecified atom stereocenters. The summed E-state index contributed by atoms with van der Waals surface area (Å²) in [5, 5.41) is 0. The van der Waals surface area contributed by atoms with Crippen LogP contribution in [0.25, 0.3) is 0 Å². The molecule has 1 aromatic carbocycles. The summed E-state index contributed by atoms with van der Waals surface area (Å²) in [6.45, 7) is 0.502. The lowest BCUT2D eigenvalue weighted by Crippen LogP contribution is -2.22. The third kappa shape index (κ3) is 1.23. The largest absolute Gasteiger partial charge is 0.491 e. The highest BCUT2D eigenvalue weighted by molar-refractivity contribution is 5.58. The van der Waals surface area contributed by atoms with E-state index < -0.39 is 0 Å². The number of hydrogen-bond donors (Lipinski definition) is 2. The molecule has 1 atom stereocenters. The number of halogens is 1. The molecule has 70 valence electrons. The van der Waals surface area contributed by atoms with Crippen LogP contribution >= 0.6 is 0 Å². The highest BCUT2D eigenvalue weighted by Crippen LogP contribution is 2.36. The van der Waals surface area contributed by atoms with Crippen molar-refractivity contribution in [2.75, 3.05) is 12.3 Å². The second-order valence-corrected chi connectivity index (χ2v) is 3.12. The van der Waals surface area contributed by atoms with Crippen molar-refractivity contribution < 1.29 is 9.13 Å². The van der Waals surface area contributed by atoms with Crippen LogP contribution in [0.1, 0.15) is 18.0 Å². The Morgan fingerprint density at radius 1 is 1.46 bits per heavy atom. The molecule has 4 heteroatoms. The molecule has 0 spiro atoms. The first-order valence-corrected chi connectivity index (χ1v) is 4.16. The number of hydrogen-bond acceptors (Lipinski definition) is 3. The monoisotopic (exact) mass is 182 g/mol. The summed E-state index contributed by atoms with van der Waals surface area (Å²) in [4.78, 5) is 0. The van der Waals surface area contributed by atoms with E-state index in [0.29, 0.717) is 30.0 Å². The zero-order chi connectivity index (χ0) is 9.42. The van der Waals surface area contributed by atoms with Crippen molar-refractivity contribution in [1.29, 1.82) is 0 Å². The Kier molecular flexibility index (Phi) is 1.84. The minimum atomic E-state index is -0.337. The van der Waals surface area contributed by atoms with E-state index in [-0.39, 0.29) is 11.9 Å². The van der Waals surface area contributed by atoms with Crippen molar-refractivity contribution in [1.82, 2.24) is 0 Å². The third-order valence-corrected chi connectivity index (χ3v) is 2.22.